The number of nitrogens with zero attached hydrogens (tertiary/aromatic N) is 4. The Morgan fingerprint density at radius 2 is 2.29 bits per heavy atom. The predicted molar refractivity (Wildman–Crippen MR) is 66.4 cm³/mol. The van der Waals surface area contributed by atoms with Crippen LogP contribution in [-0.2, 0) is 0 Å². The van der Waals surface area contributed by atoms with Crippen LogP contribution in [0, 0.1) is 12.3 Å². The molecule has 0 atom stereocenters. The van der Waals surface area contributed by atoms with Gasteiger partial charge < -0.3 is 5.32 Å². The molecule has 2 aromatic heterocycles. The highest BCUT2D eigenvalue weighted by atomic mass is 35.5. The Balaban J connectivity index is 2.00. The maximum atomic E-state index is 6.08. The highest BCUT2D eigenvalue weighted by Crippen LogP contribution is 2.44. The van der Waals surface area contributed by atoms with Crippen LogP contribution in [0.4, 0.5) is 5.82 Å². The van der Waals surface area contributed by atoms with E-state index in [1.165, 1.54) is 19.2 Å². The number of hydrogen-bond acceptors (Lipinski definition) is 4. The highest BCUT2D eigenvalue weighted by Gasteiger charge is 2.37. The van der Waals surface area contributed by atoms with Crippen LogP contribution in [0.15, 0.2) is 6.33 Å². The van der Waals surface area contributed by atoms with Crippen LogP contribution < -0.4 is 5.32 Å². The summed E-state index contributed by atoms with van der Waals surface area (Å²) in [6, 6.07) is 0. The summed E-state index contributed by atoms with van der Waals surface area (Å²) < 4.78 is 1.70. The molecule has 2 heterocycles. The van der Waals surface area contributed by atoms with Gasteiger partial charge in [-0.05, 0) is 25.2 Å². The van der Waals surface area contributed by atoms with Crippen LogP contribution in [0.5, 0.6) is 0 Å². The van der Waals surface area contributed by atoms with E-state index in [0.717, 1.165) is 17.9 Å². The standard InChI is InChI=1S/C11H14ClN5/c1-7-8(12)16-10-14-6-15-17(10)9(7)13-5-11(2)3-4-11/h6,13H,3-5H2,1-2H3. The zero-order valence-corrected chi connectivity index (χ0v) is 10.6. The lowest BCUT2D eigenvalue weighted by molar-refractivity contribution is 0.607. The van der Waals surface area contributed by atoms with Gasteiger partial charge in [0.2, 0.25) is 0 Å². The molecule has 0 amide bonds. The molecule has 0 radical (unpaired) electrons. The van der Waals surface area contributed by atoms with Crippen molar-refractivity contribution in [1.29, 1.82) is 0 Å². The number of anilines is 1. The number of nitrogens with one attached hydrogen (secondary N) is 1. The van der Waals surface area contributed by atoms with Gasteiger partial charge in [-0.1, -0.05) is 18.5 Å². The molecule has 1 aliphatic carbocycles. The average molecular weight is 252 g/mol. The number of hydrogen-bond donors (Lipinski definition) is 1. The van der Waals surface area contributed by atoms with Crippen molar-refractivity contribution in [3.05, 3.63) is 17.0 Å². The first kappa shape index (κ1) is 10.8. The summed E-state index contributed by atoms with van der Waals surface area (Å²) in [6.45, 7) is 5.15. The Kier molecular flexibility index (Phi) is 2.26. The van der Waals surface area contributed by atoms with Crippen molar-refractivity contribution in [2.75, 3.05) is 11.9 Å². The van der Waals surface area contributed by atoms with Crippen molar-refractivity contribution >= 4 is 23.2 Å². The van der Waals surface area contributed by atoms with Crippen LogP contribution >= 0.6 is 11.6 Å². The maximum absolute atomic E-state index is 6.08. The smallest absolute Gasteiger partial charge is 0.255 e. The number of rotatable bonds is 3. The Hall–Kier alpha value is -1.36. The summed E-state index contributed by atoms with van der Waals surface area (Å²) in [5.74, 6) is 1.43. The van der Waals surface area contributed by atoms with Crippen LogP contribution in [0.1, 0.15) is 25.3 Å². The maximum Gasteiger partial charge on any atom is 0.255 e. The van der Waals surface area contributed by atoms with E-state index in [0.29, 0.717) is 16.3 Å². The minimum Gasteiger partial charge on any atom is -0.369 e. The molecule has 0 bridgehead atoms. The van der Waals surface area contributed by atoms with Gasteiger partial charge in [-0.3, -0.25) is 0 Å². The van der Waals surface area contributed by atoms with E-state index in [-0.39, 0.29) is 0 Å². The molecule has 1 N–H and O–H groups in total. The van der Waals surface area contributed by atoms with Crippen molar-refractivity contribution < 1.29 is 0 Å². The van der Waals surface area contributed by atoms with Crippen LogP contribution in [-0.4, -0.2) is 26.1 Å². The average Bonchev–Trinajstić information content (AvgIpc) is 2.85. The molecule has 17 heavy (non-hydrogen) atoms. The summed E-state index contributed by atoms with van der Waals surface area (Å²) in [6.07, 6.45) is 4.04. The zero-order valence-electron chi connectivity index (χ0n) is 9.87. The summed E-state index contributed by atoms with van der Waals surface area (Å²) >= 11 is 6.08. The summed E-state index contributed by atoms with van der Waals surface area (Å²) in [4.78, 5) is 8.23. The summed E-state index contributed by atoms with van der Waals surface area (Å²) in [5.41, 5.74) is 1.34. The van der Waals surface area contributed by atoms with E-state index in [9.17, 15) is 0 Å². The normalized spacial score (nSPS) is 17.4. The Morgan fingerprint density at radius 3 is 3.00 bits per heavy atom. The first-order valence-electron chi connectivity index (χ1n) is 5.69. The Bertz CT molecular complexity index is 572. The van der Waals surface area contributed by atoms with Crippen molar-refractivity contribution in [1.82, 2.24) is 19.6 Å². The lowest BCUT2D eigenvalue weighted by Crippen LogP contribution is -2.16. The molecule has 2 aromatic rings. The Morgan fingerprint density at radius 1 is 1.53 bits per heavy atom. The lowest BCUT2D eigenvalue weighted by Gasteiger charge is -2.14. The fourth-order valence-corrected chi connectivity index (χ4v) is 1.96. The molecule has 5 nitrogen and oxygen atoms in total. The molecule has 1 fully saturated rings. The van der Waals surface area contributed by atoms with Crippen molar-refractivity contribution in [2.24, 2.45) is 5.41 Å². The van der Waals surface area contributed by atoms with Crippen molar-refractivity contribution in [2.45, 2.75) is 26.7 Å². The number of fused-ring (bicyclic) bond motifs is 1. The third-order valence-electron chi connectivity index (χ3n) is 3.39. The van der Waals surface area contributed by atoms with E-state index in [1.807, 2.05) is 6.92 Å². The molecule has 1 saturated carbocycles. The van der Waals surface area contributed by atoms with E-state index < -0.39 is 0 Å². The highest BCUT2D eigenvalue weighted by molar-refractivity contribution is 6.30. The van der Waals surface area contributed by atoms with Gasteiger partial charge >= 0.3 is 0 Å². The van der Waals surface area contributed by atoms with Crippen LogP contribution in [0.3, 0.4) is 0 Å². The van der Waals surface area contributed by atoms with Crippen LogP contribution in [0.2, 0.25) is 5.15 Å². The molecule has 1 aliphatic rings. The monoisotopic (exact) mass is 251 g/mol. The minimum absolute atomic E-state index is 0.426. The van der Waals surface area contributed by atoms with E-state index >= 15 is 0 Å². The third-order valence-corrected chi connectivity index (χ3v) is 3.76. The van der Waals surface area contributed by atoms with Gasteiger partial charge in [0.1, 0.15) is 17.3 Å². The van der Waals surface area contributed by atoms with E-state index in [1.54, 1.807) is 4.52 Å². The van der Waals surface area contributed by atoms with Gasteiger partial charge in [0, 0.05) is 12.1 Å². The van der Waals surface area contributed by atoms with Crippen molar-refractivity contribution in [3.63, 3.8) is 0 Å². The largest absolute Gasteiger partial charge is 0.369 e. The molecule has 3 rings (SSSR count). The molecular formula is C11H14ClN5. The third kappa shape index (κ3) is 1.84. The molecule has 0 aromatic carbocycles. The lowest BCUT2D eigenvalue weighted by atomic mass is 10.1. The molecular weight excluding hydrogens is 238 g/mol. The summed E-state index contributed by atoms with van der Waals surface area (Å²) in [7, 11) is 0. The number of halogens is 1. The first-order chi connectivity index (χ1) is 8.09. The summed E-state index contributed by atoms with van der Waals surface area (Å²) in [5, 5.41) is 8.07. The molecule has 0 spiro atoms. The molecule has 0 saturated heterocycles. The SMILES string of the molecule is Cc1c(Cl)nc2ncnn2c1NCC1(C)CC1. The first-order valence-corrected chi connectivity index (χ1v) is 6.07. The van der Waals surface area contributed by atoms with Gasteiger partial charge in [-0.15, -0.1) is 0 Å². The van der Waals surface area contributed by atoms with E-state index in [2.05, 4.69) is 27.3 Å². The van der Waals surface area contributed by atoms with E-state index in [4.69, 9.17) is 11.6 Å². The van der Waals surface area contributed by atoms with Gasteiger partial charge in [-0.2, -0.15) is 19.6 Å². The topological polar surface area (TPSA) is 55.1 Å². The second-order valence-electron chi connectivity index (χ2n) is 5.01. The predicted octanol–water partition coefficient (Wildman–Crippen LogP) is 2.30. The zero-order chi connectivity index (χ0) is 12.0. The molecule has 0 unspecified atom stereocenters. The van der Waals surface area contributed by atoms with Crippen molar-refractivity contribution in [3.8, 4) is 0 Å². The fraction of sp³-hybridized carbons (Fsp3) is 0.545. The van der Waals surface area contributed by atoms with Crippen LogP contribution in [0.25, 0.3) is 5.78 Å². The second kappa shape index (κ2) is 3.57. The molecule has 90 valence electrons. The number of aromatic nitrogens is 4. The van der Waals surface area contributed by atoms with Gasteiger partial charge in [-0.25, -0.2) is 0 Å². The Labute approximate surface area is 104 Å². The van der Waals surface area contributed by atoms with Gasteiger partial charge in [0.25, 0.3) is 5.78 Å². The molecule has 0 aliphatic heterocycles. The van der Waals surface area contributed by atoms with Gasteiger partial charge in [0.15, 0.2) is 0 Å². The molecule has 6 heteroatoms. The van der Waals surface area contributed by atoms with Gasteiger partial charge in [0.05, 0.1) is 0 Å². The minimum atomic E-state index is 0.426. The quantitative estimate of drug-likeness (QED) is 0.851. The second-order valence-corrected chi connectivity index (χ2v) is 5.37. The fourth-order valence-electron chi connectivity index (χ4n) is 1.79.